The van der Waals surface area contributed by atoms with Crippen LogP contribution in [0.2, 0.25) is 0 Å². The smallest absolute Gasteiger partial charge is 0.255 e. The van der Waals surface area contributed by atoms with E-state index in [1.807, 2.05) is 12.1 Å². The van der Waals surface area contributed by atoms with E-state index in [1.54, 1.807) is 24.2 Å². The fraction of sp³-hybridized carbons (Fsp3) is 0.474. The summed E-state index contributed by atoms with van der Waals surface area (Å²) in [5.41, 5.74) is 4.77. The average molecular weight is 341 g/mol. The molecule has 2 unspecified atom stereocenters. The average Bonchev–Trinajstić information content (AvgIpc) is 2.92. The van der Waals surface area contributed by atoms with Gasteiger partial charge in [0.25, 0.3) is 5.91 Å². The summed E-state index contributed by atoms with van der Waals surface area (Å²) in [6, 6.07) is 3.92. The Morgan fingerprint density at radius 2 is 2.00 bits per heavy atom. The molecule has 2 aromatic heterocycles. The van der Waals surface area contributed by atoms with Crippen molar-refractivity contribution in [3.63, 3.8) is 0 Å². The van der Waals surface area contributed by atoms with Gasteiger partial charge in [-0.05, 0) is 53.9 Å². The molecule has 0 saturated carbocycles. The zero-order valence-electron chi connectivity index (χ0n) is 14.3. The van der Waals surface area contributed by atoms with Gasteiger partial charge in [-0.25, -0.2) is 0 Å². The maximum Gasteiger partial charge on any atom is 0.255 e. The lowest BCUT2D eigenvalue weighted by Crippen LogP contribution is -2.32. The van der Waals surface area contributed by atoms with Gasteiger partial charge in [-0.3, -0.25) is 9.78 Å². The van der Waals surface area contributed by atoms with Crippen LogP contribution in [0.15, 0.2) is 29.6 Å². The minimum Gasteiger partial charge on any atom is -0.353 e. The number of fused-ring (bicyclic) bond motifs is 3. The zero-order valence-corrected chi connectivity index (χ0v) is 15.2. The van der Waals surface area contributed by atoms with Crippen LogP contribution < -0.4 is 5.32 Å². The van der Waals surface area contributed by atoms with Crippen LogP contribution in [0.3, 0.4) is 0 Å². The van der Waals surface area contributed by atoms with Gasteiger partial charge < -0.3 is 10.3 Å². The molecule has 0 radical (unpaired) electrons. The van der Waals surface area contributed by atoms with E-state index in [0.717, 1.165) is 35.4 Å². The van der Waals surface area contributed by atoms with Crippen molar-refractivity contribution < 1.29 is 4.79 Å². The molecule has 5 heteroatoms. The number of hydrogen-bond acceptors (Lipinski definition) is 3. The largest absolute Gasteiger partial charge is 0.353 e. The quantitative estimate of drug-likeness (QED) is 0.821. The molecular weight excluding hydrogens is 318 g/mol. The Bertz CT molecular complexity index is 776. The summed E-state index contributed by atoms with van der Waals surface area (Å²) < 4.78 is 0. The number of nitrogens with one attached hydrogen (secondary N) is 2. The van der Waals surface area contributed by atoms with Crippen molar-refractivity contribution in [2.75, 3.05) is 0 Å². The predicted molar refractivity (Wildman–Crippen MR) is 96.1 cm³/mol. The van der Waals surface area contributed by atoms with Crippen LogP contribution in [0, 0.1) is 11.3 Å². The second-order valence-electron chi connectivity index (χ2n) is 7.84. The molecule has 2 aliphatic rings. The molecule has 0 spiro atoms. The van der Waals surface area contributed by atoms with Gasteiger partial charge in [0, 0.05) is 18.1 Å². The highest BCUT2D eigenvalue weighted by Crippen LogP contribution is 2.44. The minimum atomic E-state index is -0.0495. The Kier molecular flexibility index (Phi) is 3.71. The van der Waals surface area contributed by atoms with Crippen molar-refractivity contribution in [1.29, 1.82) is 0 Å². The van der Waals surface area contributed by atoms with Gasteiger partial charge >= 0.3 is 0 Å². The van der Waals surface area contributed by atoms with Crippen molar-refractivity contribution in [3.8, 4) is 0 Å². The molecule has 0 saturated heterocycles. The monoisotopic (exact) mass is 341 g/mol. The maximum atomic E-state index is 12.7. The highest BCUT2D eigenvalue weighted by molar-refractivity contribution is 7.99. The van der Waals surface area contributed by atoms with Crippen LogP contribution in [-0.2, 0) is 12.8 Å². The lowest BCUT2D eigenvalue weighted by atomic mass is 9.72. The van der Waals surface area contributed by atoms with Crippen molar-refractivity contribution in [3.05, 3.63) is 46.9 Å². The van der Waals surface area contributed by atoms with Gasteiger partial charge in [0.1, 0.15) is 5.37 Å². The van der Waals surface area contributed by atoms with E-state index < -0.39 is 0 Å². The number of H-pyrrole nitrogens is 1. The summed E-state index contributed by atoms with van der Waals surface area (Å²) in [6.45, 7) is 6.94. The molecule has 3 heterocycles. The molecule has 1 aliphatic carbocycles. The summed E-state index contributed by atoms with van der Waals surface area (Å²) in [6.07, 6.45) is 6.74. The molecule has 4 nitrogen and oxygen atoms in total. The first-order valence-corrected chi connectivity index (χ1v) is 9.42. The Balaban J connectivity index is 1.66. The van der Waals surface area contributed by atoms with Crippen LogP contribution in [-0.4, -0.2) is 15.9 Å². The van der Waals surface area contributed by atoms with Gasteiger partial charge in [0.15, 0.2) is 0 Å². The van der Waals surface area contributed by atoms with Gasteiger partial charge in [-0.2, -0.15) is 0 Å². The highest BCUT2D eigenvalue weighted by atomic mass is 32.2. The van der Waals surface area contributed by atoms with Gasteiger partial charge in [0.2, 0.25) is 0 Å². The number of thioether (sulfide) groups is 1. The van der Waals surface area contributed by atoms with Gasteiger partial charge in [-0.15, -0.1) is 0 Å². The number of rotatable bonds is 1. The number of aromatic amines is 1. The van der Waals surface area contributed by atoms with Crippen molar-refractivity contribution >= 4 is 17.7 Å². The minimum absolute atomic E-state index is 0.0495. The third-order valence-corrected chi connectivity index (χ3v) is 6.48. The number of aromatic nitrogens is 2. The summed E-state index contributed by atoms with van der Waals surface area (Å²) in [4.78, 5) is 20.4. The first-order valence-electron chi connectivity index (χ1n) is 8.54. The molecule has 24 heavy (non-hydrogen) atoms. The van der Waals surface area contributed by atoms with Crippen LogP contribution in [0.25, 0.3) is 0 Å². The Morgan fingerprint density at radius 3 is 2.71 bits per heavy atom. The summed E-state index contributed by atoms with van der Waals surface area (Å²) in [7, 11) is 0. The Labute approximate surface area is 146 Å². The number of hydrogen-bond donors (Lipinski definition) is 2. The van der Waals surface area contributed by atoms with E-state index in [-0.39, 0.29) is 11.3 Å². The maximum absolute atomic E-state index is 12.7. The van der Waals surface area contributed by atoms with E-state index in [0.29, 0.717) is 11.3 Å². The number of carbonyl (C=O) groups excluding carboxylic acids is 1. The van der Waals surface area contributed by atoms with Crippen LogP contribution in [0.5, 0.6) is 0 Å². The number of carbonyl (C=O) groups is 1. The van der Waals surface area contributed by atoms with Crippen LogP contribution in [0.4, 0.5) is 0 Å². The first-order chi connectivity index (χ1) is 11.4. The SMILES string of the molecule is CC(C)(C)C1CCc2c([nH]c3c2C(=O)NC(c2ccncc2)S3)C1. The molecule has 1 aliphatic heterocycles. The van der Waals surface area contributed by atoms with E-state index in [4.69, 9.17) is 0 Å². The van der Waals surface area contributed by atoms with Crippen LogP contribution >= 0.6 is 11.8 Å². The van der Waals surface area contributed by atoms with E-state index in [1.165, 1.54) is 11.3 Å². The molecule has 0 aromatic carbocycles. The number of nitrogens with zero attached hydrogens (tertiary/aromatic N) is 1. The Hall–Kier alpha value is -1.75. The van der Waals surface area contributed by atoms with E-state index in [9.17, 15) is 4.79 Å². The summed E-state index contributed by atoms with van der Waals surface area (Å²) in [5, 5.41) is 4.12. The molecule has 2 atom stereocenters. The second kappa shape index (κ2) is 5.66. The fourth-order valence-corrected chi connectivity index (χ4v) is 4.99. The Morgan fingerprint density at radius 1 is 1.25 bits per heavy atom. The van der Waals surface area contributed by atoms with Crippen LogP contribution in [0.1, 0.15) is 59.7 Å². The topological polar surface area (TPSA) is 57.8 Å². The zero-order chi connectivity index (χ0) is 16.9. The number of amides is 1. The number of pyridine rings is 1. The molecule has 2 N–H and O–H groups in total. The van der Waals surface area contributed by atoms with Gasteiger partial charge in [-0.1, -0.05) is 32.5 Å². The predicted octanol–water partition coefficient (Wildman–Crippen LogP) is 4.10. The molecular formula is C19H23N3OS. The summed E-state index contributed by atoms with van der Waals surface area (Å²) in [5.74, 6) is 0.714. The van der Waals surface area contributed by atoms with Crippen molar-refractivity contribution in [1.82, 2.24) is 15.3 Å². The molecule has 2 aromatic rings. The molecule has 4 rings (SSSR count). The van der Waals surface area contributed by atoms with Crippen molar-refractivity contribution in [2.24, 2.45) is 11.3 Å². The van der Waals surface area contributed by atoms with Gasteiger partial charge in [0.05, 0.1) is 10.6 Å². The molecule has 0 fully saturated rings. The molecule has 1 amide bonds. The van der Waals surface area contributed by atoms with Crippen molar-refractivity contribution in [2.45, 2.75) is 50.4 Å². The van der Waals surface area contributed by atoms with E-state index in [2.05, 4.69) is 36.1 Å². The van der Waals surface area contributed by atoms with E-state index >= 15 is 0 Å². The third kappa shape index (κ3) is 2.65. The molecule has 126 valence electrons. The third-order valence-electron chi connectivity index (χ3n) is 5.31. The second-order valence-corrected chi connectivity index (χ2v) is 8.96. The standard InChI is InChI=1S/C19H23N3OS/c1-19(2,3)12-4-5-13-14(10-12)21-18-15(13)16(23)22-17(24-18)11-6-8-20-9-7-11/h6-9,12,17,21H,4-5,10H2,1-3H3,(H,22,23). The highest BCUT2D eigenvalue weighted by Gasteiger charge is 2.36. The first kappa shape index (κ1) is 15.8. The normalized spacial score (nSPS) is 23.4. The lowest BCUT2D eigenvalue weighted by Gasteiger charge is -2.34. The fourth-order valence-electron chi connectivity index (χ4n) is 3.78. The summed E-state index contributed by atoms with van der Waals surface area (Å²) >= 11 is 1.70. The molecule has 0 bridgehead atoms. The lowest BCUT2D eigenvalue weighted by molar-refractivity contribution is 0.0942.